The molecule has 88 valence electrons. The van der Waals surface area contributed by atoms with Crippen molar-refractivity contribution in [2.24, 2.45) is 5.73 Å². The summed E-state index contributed by atoms with van der Waals surface area (Å²) < 4.78 is 0. The van der Waals surface area contributed by atoms with Gasteiger partial charge in [-0.1, -0.05) is 0 Å². The third-order valence-electron chi connectivity index (χ3n) is 4.13. The molecule has 2 aliphatic rings. The van der Waals surface area contributed by atoms with Gasteiger partial charge in [-0.15, -0.1) is 0 Å². The summed E-state index contributed by atoms with van der Waals surface area (Å²) in [5, 5.41) is 9.89. The summed E-state index contributed by atoms with van der Waals surface area (Å²) in [5.41, 5.74) is 5.50. The van der Waals surface area contributed by atoms with Crippen molar-refractivity contribution in [3.63, 3.8) is 0 Å². The maximum atomic E-state index is 9.89. The molecule has 0 aromatic heterocycles. The molecule has 1 saturated heterocycles. The largest absolute Gasteiger partial charge is 0.390 e. The first kappa shape index (κ1) is 11.4. The topological polar surface area (TPSA) is 49.5 Å². The zero-order valence-corrected chi connectivity index (χ0v) is 9.78. The smallest absolute Gasteiger partial charge is 0.0644 e. The Morgan fingerprint density at radius 3 is 2.20 bits per heavy atom. The summed E-state index contributed by atoms with van der Waals surface area (Å²) in [6, 6.07) is 1.18. The van der Waals surface area contributed by atoms with E-state index in [1.165, 1.54) is 25.7 Å². The highest BCUT2D eigenvalue weighted by Crippen LogP contribution is 2.28. The number of nitrogens with zero attached hydrogens (tertiary/aromatic N) is 1. The molecule has 0 radical (unpaired) electrons. The van der Waals surface area contributed by atoms with E-state index >= 15 is 0 Å². The maximum Gasteiger partial charge on any atom is 0.0644 e. The van der Waals surface area contributed by atoms with Crippen molar-refractivity contribution < 1.29 is 5.11 Å². The van der Waals surface area contributed by atoms with Crippen molar-refractivity contribution in [1.29, 1.82) is 0 Å². The molecule has 2 rings (SSSR count). The molecular weight excluding hydrogens is 188 g/mol. The molecule has 1 aliphatic heterocycles. The van der Waals surface area contributed by atoms with Crippen molar-refractivity contribution in [3.05, 3.63) is 0 Å². The monoisotopic (exact) mass is 212 g/mol. The average molecular weight is 212 g/mol. The number of hydrogen-bond donors (Lipinski definition) is 2. The Hall–Kier alpha value is -0.120. The number of piperidine rings is 1. The Balaban J connectivity index is 1.80. The van der Waals surface area contributed by atoms with Gasteiger partial charge in [0.05, 0.1) is 5.60 Å². The molecule has 1 heterocycles. The van der Waals surface area contributed by atoms with Crippen LogP contribution in [0.3, 0.4) is 0 Å². The van der Waals surface area contributed by atoms with E-state index < -0.39 is 5.60 Å². The summed E-state index contributed by atoms with van der Waals surface area (Å²) in [4.78, 5) is 2.56. The summed E-state index contributed by atoms with van der Waals surface area (Å²) in [7, 11) is 0. The Morgan fingerprint density at radius 1 is 1.13 bits per heavy atom. The van der Waals surface area contributed by atoms with Crippen LogP contribution in [-0.4, -0.2) is 40.8 Å². The van der Waals surface area contributed by atoms with Gasteiger partial charge >= 0.3 is 0 Å². The molecular formula is C12H24N2O. The third kappa shape index (κ3) is 2.92. The fourth-order valence-electron chi connectivity index (χ4n) is 2.84. The van der Waals surface area contributed by atoms with Crippen LogP contribution in [0, 0.1) is 0 Å². The maximum absolute atomic E-state index is 9.89. The predicted molar refractivity (Wildman–Crippen MR) is 61.7 cm³/mol. The zero-order valence-electron chi connectivity index (χ0n) is 9.78. The van der Waals surface area contributed by atoms with Gasteiger partial charge in [-0.3, -0.25) is 0 Å². The Morgan fingerprint density at radius 2 is 1.67 bits per heavy atom. The van der Waals surface area contributed by atoms with Crippen LogP contribution >= 0.6 is 0 Å². The first-order valence-electron chi connectivity index (χ1n) is 6.29. The zero-order chi connectivity index (χ0) is 10.9. The van der Waals surface area contributed by atoms with Crippen LogP contribution in [-0.2, 0) is 0 Å². The molecule has 3 heteroatoms. The van der Waals surface area contributed by atoms with Gasteiger partial charge in [0, 0.05) is 25.2 Å². The molecule has 0 spiro atoms. The van der Waals surface area contributed by atoms with Crippen LogP contribution in [0.5, 0.6) is 0 Å². The second-order valence-electron chi connectivity index (χ2n) is 5.60. The van der Waals surface area contributed by atoms with Crippen molar-refractivity contribution in [3.8, 4) is 0 Å². The summed E-state index contributed by atoms with van der Waals surface area (Å²) in [5.74, 6) is 0. The van der Waals surface area contributed by atoms with Gasteiger partial charge in [0.1, 0.15) is 0 Å². The Labute approximate surface area is 92.6 Å². The minimum absolute atomic E-state index is 0.415. The van der Waals surface area contributed by atoms with E-state index in [1.807, 2.05) is 6.92 Å². The number of aliphatic hydroxyl groups is 1. The molecule has 15 heavy (non-hydrogen) atoms. The number of rotatable bonds is 1. The number of nitrogens with two attached hydrogens (primary N) is 1. The van der Waals surface area contributed by atoms with Crippen LogP contribution in [0.15, 0.2) is 0 Å². The summed E-state index contributed by atoms with van der Waals surface area (Å²) >= 11 is 0. The lowest BCUT2D eigenvalue weighted by Crippen LogP contribution is -2.48. The van der Waals surface area contributed by atoms with Crippen LogP contribution in [0.2, 0.25) is 0 Å². The Bertz CT molecular complexity index is 200. The summed E-state index contributed by atoms with van der Waals surface area (Å²) in [6.45, 7) is 4.08. The third-order valence-corrected chi connectivity index (χ3v) is 4.13. The summed E-state index contributed by atoms with van der Waals surface area (Å²) in [6.07, 6.45) is 6.72. The molecule has 3 N–H and O–H groups in total. The van der Waals surface area contributed by atoms with Crippen LogP contribution in [0.1, 0.15) is 45.4 Å². The van der Waals surface area contributed by atoms with Gasteiger partial charge < -0.3 is 15.7 Å². The van der Waals surface area contributed by atoms with E-state index in [9.17, 15) is 5.11 Å². The molecule has 1 saturated carbocycles. The predicted octanol–water partition coefficient (Wildman–Crippen LogP) is 1.10. The van der Waals surface area contributed by atoms with Crippen molar-refractivity contribution in [2.45, 2.75) is 63.1 Å². The molecule has 0 aromatic carbocycles. The lowest BCUT2D eigenvalue weighted by atomic mass is 9.87. The number of likely N-dealkylation sites (tertiary alicyclic amines) is 1. The highest BCUT2D eigenvalue weighted by molar-refractivity contribution is 4.87. The Kier molecular flexibility index (Phi) is 3.33. The number of hydrogen-bond acceptors (Lipinski definition) is 3. The SMILES string of the molecule is CC1(O)CCN(C2CCC(N)CC2)CC1. The van der Waals surface area contributed by atoms with E-state index in [4.69, 9.17) is 5.73 Å². The van der Waals surface area contributed by atoms with E-state index in [1.54, 1.807) is 0 Å². The van der Waals surface area contributed by atoms with Gasteiger partial charge in [-0.25, -0.2) is 0 Å². The van der Waals surface area contributed by atoms with Crippen LogP contribution < -0.4 is 5.73 Å². The van der Waals surface area contributed by atoms with Gasteiger partial charge in [0.2, 0.25) is 0 Å². The van der Waals surface area contributed by atoms with Crippen LogP contribution in [0.4, 0.5) is 0 Å². The molecule has 0 unspecified atom stereocenters. The average Bonchev–Trinajstić information content (AvgIpc) is 2.20. The lowest BCUT2D eigenvalue weighted by molar-refractivity contribution is -0.0213. The van der Waals surface area contributed by atoms with E-state index in [0.29, 0.717) is 6.04 Å². The molecule has 3 nitrogen and oxygen atoms in total. The van der Waals surface area contributed by atoms with Crippen molar-refractivity contribution in [2.75, 3.05) is 13.1 Å². The first-order valence-corrected chi connectivity index (χ1v) is 6.29. The van der Waals surface area contributed by atoms with Crippen molar-refractivity contribution in [1.82, 2.24) is 4.90 Å². The highest BCUT2D eigenvalue weighted by Gasteiger charge is 2.31. The van der Waals surface area contributed by atoms with Gasteiger partial charge in [-0.2, -0.15) is 0 Å². The second-order valence-corrected chi connectivity index (χ2v) is 5.60. The fraction of sp³-hybridized carbons (Fsp3) is 1.00. The fourth-order valence-corrected chi connectivity index (χ4v) is 2.84. The van der Waals surface area contributed by atoms with Crippen LogP contribution in [0.25, 0.3) is 0 Å². The minimum Gasteiger partial charge on any atom is -0.390 e. The normalized spacial score (nSPS) is 37.8. The van der Waals surface area contributed by atoms with Gasteiger partial charge in [0.25, 0.3) is 0 Å². The molecule has 0 atom stereocenters. The van der Waals surface area contributed by atoms with E-state index in [2.05, 4.69) is 4.90 Å². The van der Waals surface area contributed by atoms with E-state index in [0.717, 1.165) is 32.0 Å². The standard InChI is InChI=1S/C12H24N2O/c1-12(15)6-8-14(9-7-12)11-4-2-10(13)3-5-11/h10-11,15H,2-9,13H2,1H3. The van der Waals surface area contributed by atoms with E-state index in [-0.39, 0.29) is 0 Å². The molecule has 0 aromatic rings. The highest BCUT2D eigenvalue weighted by atomic mass is 16.3. The minimum atomic E-state index is -0.415. The first-order chi connectivity index (χ1) is 7.07. The molecule has 0 bridgehead atoms. The van der Waals surface area contributed by atoms with Gasteiger partial charge in [0.15, 0.2) is 0 Å². The second kappa shape index (κ2) is 4.40. The lowest BCUT2D eigenvalue weighted by Gasteiger charge is -2.42. The van der Waals surface area contributed by atoms with Gasteiger partial charge in [-0.05, 0) is 45.4 Å². The van der Waals surface area contributed by atoms with Crippen molar-refractivity contribution >= 4 is 0 Å². The quantitative estimate of drug-likeness (QED) is 0.684. The molecule has 1 aliphatic carbocycles. The molecule has 0 amide bonds. The molecule has 2 fully saturated rings.